The molecule has 1 aromatic heterocycles. The Labute approximate surface area is 156 Å². The molecule has 1 heterocycles. The summed E-state index contributed by atoms with van der Waals surface area (Å²) in [5.41, 5.74) is 5.42. The zero-order valence-electron chi connectivity index (χ0n) is 16.1. The molecule has 0 N–H and O–H groups in total. The van der Waals surface area contributed by atoms with E-state index >= 15 is 0 Å². The van der Waals surface area contributed by atoms with Crippen molar-refractivity contribution in [1.29, 1.82) is 0 Å². The van der Waals surface area contributed by atoms with Crippen LogP contribution in [0.2, 0.25) is 0 Å². The molecule has 0 bridgehead atoms. The third kappa shape index (κ3) is 2.43. The summed E-state index contributed by atoms with van der Waals surface area (Å²) in [5, 5.41) is 0. The molecule has 2 atom stereocenters. The van der Waals surface area contributed by atoms with E-state index < -0.39 is 0 Å². The summed E-state index contributed by atoms with van der Waals surface area (Å²) in [5.74, 6) is 4.82. The van der Waals surface area contributed by atoms with E-state index in [1.807, 2.05) is 19.2 Å². The van der Waals surface area contributed by atoms with Gasteiger partial charge in [-0.25, -0.2) is 9.97 Å². The van der Waals surface area contributed by atoms with Gasteiger partial charge in [0.05, 0.1) is 5.69 Å². The predicted molar refractivity (Wildman–Crippen MR) is 103 cm³/mol. The number of rotatable bonds is 2. The average molecular weight is 346 g/mol. The van der Waals surface area contributed by atoms with Gasteiger partial charge in [0, 0.05) is 17.0 Å². The molecule has 26 heavy (non-hydrogen) atoms. The third-order valence-corrected chi connectivity index (χ3v) is 6.51. The molecule has 2 aromatic rings. The number of terminal acetylenes is 1. The van der Waals surface area contributed by atoms with Crippen molar-refractivity contribution in [1.82, 2.24) is 9.97 Å². The van der Waals surface area contributed by atoms with Crippen LogP contribution in [0.5, 0.6) is 5.75 Å². The second-order valence-electron chi connectivity index (χ2n) is 8.51. The van der Waals surface area contributed by atoms with Crippen LogP contribution < -0.4 is 4.74 Å². The minimum Gasteiger partial charge on any atom is -0.481 e. The number of hydrogen-bond donors (Lipinski definition) is 0. The van der Waals surface area contributed by atoms with Gasteiger partial charge >= 0.3 is 0 Å². The van der Waals surface area contributed by atoms with Crippen LogP contribution in [-0.4, -0.2) is 16.6 Å². The van der Waals surface area contributed by atoms with Crippen LogP contribution in [0, 0.1) is 25.2 Å². The number of aryl methyl sites for hydroxylation is 2. The molecular formula is C23H26N2O. The molecule has 0 saturated heterocycles. The standard InChI is InChI=1S/C23H26N2O/c1-6-11-26-18-9-7-16-8-10-20-22(3,4)21-17(14-24-15(2)25-21)13-23(20,5)19(16)12-18/h1,7,9,12,14,20H,8,10-11,13H2,2-5H3/t20?,23-/m1/s1. The Morgan fingerprint density at radius 3 is 2.85 bits per heavy atom. The fourth-order valence-corrected chi connectivity index (χ4v) is 5.44. The number of benzene rings is 1. The minimum absolute atomic E-state index is 0.0173. The van der Waals surface area contributed by atoms with Crippen molar-refractivity contribution in [3.63, 3.8) is 0 Å². The van der Waals surface area contributed by atoms with E-state index in [2.05, 4.69) is 43.8 Å². The van der Waals surface area contributed by atoms with Gasteiger partial charge in [0.2, 0.25) is 0 Å². The van der Waals surface area contributed by atoms with Crippen LogP contribution in [-0.2, 0) is 23.7 Å². The monoisotopic (exact) mass is 346 g/mol. The van der Waals surface area contributed by atoms with Crippen molar-refractivity contribution in [2.45, 2.75) is 57.8 Å². The molecule has 0 saturated carbocycles. The van der Waals surface area contributed by atoms with E-state index in [4.69, 9.17) is 16.1 Å². The van der Waals surface area contributed by atoms with Gasteiger partial charge in [0.25, 0.3) is 0 Å². The van der Waals surface area contributed by atoms with Gasteiger partial charge in [-0.2, -0.15) is 0 Å². The van der Waals surface area contributed by atoms with Gasteiger partial charge < -0.3 is 4.74 Å². The van der Waals surface area contributed by atoms with Crippen molar-refractivity contribution in [3.05, 3.63) is 52.6 Å². The van der Waals surface area contributed by atoms with E-state index in [0.717, 1.165) is 24.4 Å². The first-order chi connectivity index (χ1) is 12.4. The van der Waals surface area contributed by atoms with Crippen molar-refractivity contribution >= 4 is 0 Å². The predicted octanol–water partition coefficient (Wildman–Crippen LogP) is 4.15. The maximum atomic E-state index is 5.72. The number of nitrogens with zero attached hydrogens (tertiary/aromatic N) is 2. The van der Waals surface area contributed by atoms with Crippen molar-refractivity contribution in [2.24, 2.45) is 5.92 Å². The Morgan fingerprint density at radius 2 is 2.08 bits per heavy atom. The zero-order valence-corrected chi connectivity index (χ0v) is 16.1. The Morgan fingerprint density at radius 1 is 1.27 bits per heavy atom. The zero-order chi connectivity index (χ0) is 18.5. The topological polar surface area (TPSA) is 35.0 Å². The van der Waals surface area contributed by atoms with Crippen LogP contribution in [0.1, 0.15) is 55.4 Å². The molecule has 0 amide bonds. The van der Waals surface area contributed by atoms with Gasteiger partial charge in [-0.1, -0.05) is 32.8 Å². The summed E-state index contributed by atoms with van der Waals surface area (Å²) in [6.45, 7) is 9.40. The van der Waals surface area contributed by atoms with E-state index in [0.29, 0.717) is 12.5 Å². The lowest BCUT2D eigenvalue weighted by Gasteiger charge is -2.54. The summed E-state index contributed by atoms with van der Waals surface area (Å²) in [4.78, 5) is 9.33. The number of ether oxygens (including phenoxy) is 1. The maximum Gasteiger partial charge on any atom is 0.148 e. The first-order valence-corrected chi connectivity index (χ1v) is 9.39. The SMILES string of the molecule is C#CCOc1ccc2c(c1)[C@@]1(C)Cc3cnc(C)nc3C(C)(C)C1CC2. The molecule has 3 heteroatoms. The Bertz CT molecular complexity index is 909. The highest BCUT2D eigenvalue weighted by Crippen LogP contribution is 2.56. The fraction of sp³-hybridized carbons (Fsp3) is 0.478. The molecule has 0 aliphatic heterocycles. The summed E-state index contributed by atoms with van der Waals surface area (Å²) < 4.78 is 5.72. The quantitative estimate of drug-likeness (QED) is 0.766. The summed E-state index contributed by atoms with van der Waals surface area (Å²) >= 11 is 0. The van der Waals surface area contributed by atoms with Crippen LogP contribution in [0.25, 0.3) is 0 Å². The molecule has 0 spiro atoms. The Hall–Kier alpha value is -2.34. The lowest BCUT2D eigenvalue weighted by Crippen LogP contribution is -2.52. The number of fused-ring (bicyclic) bond motifs is 4. The number of hydrogen-bond acceptors (Lipinski definition) is 3. The Balaban J connectivity index is 1.85. The molecule has 134 valence electrons. The van der Waals surface area contributed by atoms with Crippen LogP contribution >= 0.6 is 0 Å². The van der Waals surface area contributed by atoms with Crippen molar-refractivity contribution in [2.75, 3.05) is 6.61 Å². The van der Waals surface area contributed by atoms with Gasteiger partial charge in [-0.05, 0) is 60.9 Å². The highest BCUT2D eigenvalue weighted by molar-refractivity contribution is 5.48. The lowest BCUT2D eigenvalue weighted by atomic mass is 9.50. The molecule has 2 aliphatic rings. The summed E-state index contributed by atoms with van der Waals surface area (Å²) in [6.07, 6.45) is 10.7. The molecule has 0 fully saturated rings. The van der Waals surface area contributed by atoms with E-state index in [9.17, 15) is 0 Å². The summed E-state index contributed by atoms with van der Waals surface area (Å²) in [7, 11) is 0. The average Bonchev–Trinajstić information content (AvgIpc) is 2.61. The second-order valence-corrected chi connectivity index (χ2v) is 8.51. The van der Waals surface area contributed by atoms with Crippen LogP contribution in [0.15, 0.2) is 24.4 Å². The molecular weight excluding hydrogens is 320 g/mol. The molecule has 1 unspecified atom stereocenters. The fourth-order valence-electron chi connectivity index (χ4n) is 5.44. The minimum atomic E-state index is 0.0173. The van der Waals surface area contributed by atoms with E-state index in [-0.39, 0.29) is 10.8 Å². The van der Waals surface area contributed by atoms with Gasteiger partial charge in [0.1, 0.15) is 18.2 Å². The third-order valence-electron chi connectivity index (χ3n) is 6.51. The molecule has 3 nitrogen and oxygen atoms in total. The molecule has 1 aromatic carbocycles. The molecule has 4 rings (SSSR count). The normalized spacial score (nSPS) is 25.4. The van der Waals surface area contributed by atoms with Gasteiger partial charge in [-0.15, -0.1) is 6.42 Å². The molecule has 2 aliphatic carbocycles. The van der Waals surface area contributed by atoms with Crippen molar-refractivity contribution in [3.8, 4) is 18.1 Å². The van der Waals surface area contributed by atoms with Crippen LogP contribution in [0.3, 0.4) is 0 Å². The first-order valence-electron chi connectivity index (χ1n) is 9.39. The second kappa shape index (κ2) is 5.84. The van der Waals surface area contributed by atoms with Crippen molar-refractivity contribution < 1.29 is 4.74 Å². The first kappa shape index (κ1) is 17.1. The number of aromatic nitrogens is 2. The highest BCUT2D eigenvalue weighted by atomic mass is 16.5. The maximum absolute atomic E-state index is 5.72. The van der Waals surface area contributed by atoms with Gasteiger partial charge in [0.15, 0.2) is 0 Å². The van der Waals surface area contributed by atoms with Crippen LogP contribution in [0.4, 0.5) is 0 Å². The highest BCUT2D eigenvalue weighted by Gasteiger charge is 2.52. The lowest BCUT2D eigenvalue weighted by molar-refractivity contribution is 0.134. The summed E-state index contributed by atoms with van der Waals surface area (Å²) in [6, 6.07) is 6.49. The molecule has 0 radical (unpaired) electrons. The van der Waals surface area contributed by atoms with E-state index in [1.54, 1.807) is 0 Å². The smallest absolute Gasteiger partial charge is 0.148 e. The van der Waals surface area contributed by atoms with Gasteiger partial charge in [-0.3, -0.25) is 0 Å². The largest absolute Gasteiger partial charge is 0.481 e. The Kier molecular flexibility index (Phi) is 3.84. The van der Waals surface area contributed by atoms with E-state index in [1.165, 1.54) is 28.8 Å².